The number of rotatable bonds is 2. The van der Waals surface area contributed by atoms with Crippen LogP contribution in [0.25, 0.3) is 11.0 Å². The van der Waals surface area contributed by atoms with Gasteiger partial charge in [-0.05, 0) is 48.4 Å². The van der Waals surface area contributed by atoms with E-state index in [1.165, 1.54) is 6.07 Å². The van der Waals surface area contributed by atoms with E-state index in [4.69, 9.17) is 4.42 Å². The lowest BCUT2D eigenvalue weighted by molar-refractivity contribution is -0.115. The van der Waals surface area contributed by atoms with E-state index < -0.39 is 0 Å². The van der Waals surface area contributed by atoms with Crippen molar-refractivity contribution in [3.05, 3.63) is 52.0 Å². The molecule has 4 rings (SSSR count). The summed E-state index contributed by atoms with van der Waals surface area (Å²) in [6.45, 7) is 6.44. The summed E-state index contributed by atoms with van der Waals surface area (Å²) in [5, 5.41) is 4.21. The van der Waals surface area contributed by atoms with Crippen molar-refractivity contribution in [3.8, 4) is 0 Å². The summed E-state index contributed by atoms with van der Waals surface area (Å²) in [5.41, 5.74) is 3.25. The fourth-order valence-corrected chi connectivity index (χ4v) is 4.06. The van der Waals surface area contributed by atoms with Gasteiger partial charge in [0, 0.05) is 34.8 Å². The van der Waals surface area contributed by atoms with E-state index in [0.717, 1.165) is 22.3 Å². The van der Waals surface area contributed by atoms with Gasteiger partial charge in [0.1, 0.15) is 5.58 Å². The molecular weight excluding hydrogens is 290 g/mol. The van der Waals surface area contributed by atoms with Gasteiger partial charge in [-0.2, -0.15) is 0 Å². The first-order valence-electron chi connectivity index (χ1n) is 7.93. The van der Waals surface area contributed by atoms with E-state index >= 15 is 0 Å². The molecule has 1 aromatic heterocycles. The third-order valence-corrected chi connectivity index (χ3v) is 5.42. The number of carbonyl (C=O) groups excluding carboxylic acids is 1. The Balaban J connectivity index is 1.67. The van der Waals surface area contributed by atoms with Crippen molar-refractivity contribution < 1.29 is 9.21 Å². The molecule has 0 bridgehead atoms. The van der Waals surface area contributed by atoms with Crippen LogP contribution in [-0.2, 0) is 4.79 Å². The number of ketones is 1. The first-order chi connectivity index (χ1) is 10.9. The monoisotopic (exact) mass is 309 g/mol. The first-order valence-corrected chi connectivity index (χ1v) is 7.93. The number of Topliss-reactive ketones (excluding diaryl/α,β-unsaturated/α-hetero) is 1. The minimum absolute atomic E-state index is 0.249. The van der Waals surface area contributed by atoms with Gasteiger partial charge >= 0.3 is 5.63 Å². The third kappa shape index (κ3) is 2.12. The van der Waals surface area contributed by atoms with Crippen LogP contribution in [0.5, 0.6) is 0 Å². The minimum atomic E-state index is -0.352. The summed E-state index contributed by atoms with van der Waals surface area (Å²) >= 11 is 0. The van der Waals surface area contributed by atoms with E-state index in [-0.39, 0.29) is 16.8 Å². The Hall–Kier alpha value is -2.36. The highest BCUT2D eigenvalue weighted by atomic mass is 16.4. The second-order valence-electron chi connectivity index (χ2n) is 7.20. The lowest BCUT2D eigenvalue weighted by Crippen LogP contribution is -2.12. The Labute approximate surface area is 134 Å². The normalized spacial score (nSPS) is 27.0. The van der Waals surface area contributed by atoms with Crippen molar-refractivity contribution in [2.45, 2.75) is 27.2 Å². The van der Waals surface area contributed by atoms with E-state index in [1.807, 2.05) is 19.1 Å². The molecule has 2 aliphatic carbocycles. The molecule has 0 saturated heterocycles. The molecule has 0 unspecified atom stereocenters. The van der Waals surface area contributed by atoms with E-state index in [0.29, 0.717) is 23.8 Å². The predicted octanol–water partition coefficient (Wildman–Crippen LogP) is 3.72. The Morgan fingerprint density at radius 2 is 2.00 bits per heavy atom. The fourth-order valence-electron chi connectivity index (χ4n) is 4.06. The predicted molar refractivity (Wildman–Crippen MR) is 89.2 cm³/mol. The summed E-state index contributed by atoms with van der Waals surface area (Å²) in [7, 11) is 0. The molecule has 2 aliphatic rings. The average Bonchev–Trinajstić information content (AvgIpc) is 2.84. The summed E-state index contributed by atoms with van der Waals surface area (Å²) in [4.78, 5) is 23.5. The molecule has 4 nitrogen and oxygen atoms in total. The number of hydrogen-bond acceptors (Lipinski definition) is 4. The van der Waals surface area contributed by atoms with Gasteiger partial charge in [-0.3, -0.25) is 4.79 Å². The Morgan fingerprint density at radius 1 is 1.22 bits per heavy atom. The number of hydrogen-bond donors (Lipinski definition) is 1. The van der Waals surface area contributed by atoms with Crippen LogP contribution in [0, 0.1) is 17.3 Å². The molecule has 1 aromatic carbocycles. The van der Waals surface area contributed by atoms with Crippen molar-refractivity contribution in [2.75, 3.05) is 5.32 Å². The average molecular weight is 309 g/mol. The van der Waals surface area contributed by atoms with Gasteiger partial charge in [0.2, 0.25) is 0 Å². The van der Waals surface area contributed by atoms with Crippen LogP contribution in [0.15, 0.2) is 50.8 Å². The molecule has 0 radical (unpaired) electrons. The van der Waals surface area contributed by atoms with Crippen LogP contribution in [0.2, 0.25) is 0 Å². The lowest BCUT2D eigenvalue weighted by atomic mass is 9.95. The standard InChI is InChI=1S/C19H19NO3/c1-10(17-14(21)9-13-18(17)19(13,2)3)20-12-5-6-15-11(8-12)4-7-16(22)23-15/h4-8,13,18,20H,9H2,1-3H3/b17-10+/t13-,18-/m1/s1. The maximum absolute atomic E-state index is 12.2. The molecule has 2 aromatic rings. The van der Waals surface area contributed by atoms with Crippen molar-refractivity contribution in [1.29, 1.82) is 0 Å². The maximum Gasteiger partial charge on any atom is 0.336 e. The molecule has 2 fully saturated rings. The van der Waals surface area contributed by atoms with Gasteiger partial charge in [-0.1, -0.05) is 13.8 Å². The van der Waals surface area contributed by atoms with Gasteiger partial charge < -0.3 is 9.73 Å². The summed E-state index contributed by atoms with van der Waals surface area (Å²) in [6.07, 6.45) is 0.675. The van der Waals surface area contributed by atoms with Crippen molar-refractivity contribution >= 4 is 22.4 Å². The van der Waals surface area contributed by atoms with E-state index in [2.05, 4.69) is 19.2 Å². The van der Waals surface area contributed by atoms with Gasteiger partial charge in [0.05, 0.1) is 0 Å². The molecular formula is C19H19NO3. The number of benzene rings is 1. The lowest BCUT2D eigenvalue weighted by Gasteiger charge is -2.14. The third-order valence-electron chi connectivity index (χ3n) is 5.42. The van der Waals surface area contributed by atoms with Crippen LogP contribution < -0.4 is 10.9 Å². The van der Waals surface area contributed by atoms with Crippen LogP contribution >= 0.6 is 0 Å². The highest BCUT2D eigenvalue weighted by Gasteiger charge is 2.65. The van der Waals surface area contributed by atoms with Gasteiger partial charge in [0.25, 0.3) is 0 Å². The van der Waals surface area contributed by atoms with Crippen molar-refractivity contribution in [1.82, 2.24) is 0 Å². The zero-order valence-corrected chi connectivity index (χ0v) is 13.5. The number of allylic oxidation sites excluding steroid dienone is 2. The summed E-state index contributed by atoms with van der Waals surface area (Å²) < 4.78 is 5.14. The molecule has 4 heteroatoms. The van der Waals surface area contributed by atoms with Crippen molar-refractivity contribution in [3.63, 3.8) is 0 Å². The highest BCUT2D eigenvalue weighted by molar-refractivity contribution is 6.01. The number of anilines is 1. The van der Waals surface area contributed by atoms with Crippen molar-refractivity contribution in [2.24, 2.45) is 17.3 Å². The van der Waals surface area contributed by atoms with Crippen LogP contribution in [0.1, 0.15) is 27.2 Å². The number of fused-ring (bicyclic) bond motifs is 2. The molecule has 0 amide bonds. The number of carbonyl (C=O) groups is 1. The number of nitrogens with one attached hydrogen (secondary N) is 1. The fraction of sp³-hybridized carbons (Fsp3) is 0.368. The molecule has 1 N–H and O–H groups in total. The maximum atomic E-state index is 12.2. The molecule has 0 spiro atoms. The topological polar surface area (TPSA) is 59.3 Å². The molecule has 0 aliphatic heterocycles. The van der Waals surface area contributed by atoms with Crippen LogP contribution in [0.4, 0.5) is 5.69 Å². The van der Waals surface area contributed by atoms with Gasteiger partial charge in [-0.25, -0.2) is 4.79 Å². The largest absolute Gasteiger partial charge is 0.423 e. The molecule has 2 saturated carbocycles. The molecule has 1 heterocycles. The molecule has 118 valence electrons. The highest BCUT2D eigenvalue weighted by Crippen LogP contribution is 2.68. The minimum Gasteiger partial charge on any atom is -0.423 e. The quantitative estimate of drug-likeness (QED) is 0.678. The summed E-state index contributed by atoms with van der Waals surface area (Å²) in [5.74, 6) is 1.17. The smallest absolute Gasteiger partial charge is 0.336 e. The first kappa shape index (κ1) is 14.2. The second kappa shape index (κ2) is 4.57. The zero-order valence-electron chi connectivity index (χ0n) is 13.5. The van der Waals surface area contributed by atoms with E-state index in [1.54, 1.807) is 12.1 Å². The van der Waals surface area contributed by atoms with Gasteiger partial charge in [-0.15, -0.1) is 0 Å². The van der Waals surface area contributed by atoms with E-state index in [9.17, 15) is 9.59 Å². The Kier molecular flexibility index (Phi) is 2.83. The summed E-state index contributed by atoms with van der Waals surface area (Å²) in [6, 6.07) is 8.73. The zero-order chi connectivity index (χ0) is 16.4. The molecule has 23 heavy (non-hydrogen) atoms. The Morgan fingerprint density at radius 3 is 2.74 bits per heavy atom. The van der Waals surface area contributed by atoms with Gasteiger partial charge in [0.15, 0.2) is 5.78 Å². The Bertz CT molecular complexity index is 920. The second-order valence-corrected chi connectivity index (χ2v) is 7.20. The van der Waals surface area contributed by atoms with Crippen LogP contribution in [-0.4, -0.2) is 5.78 Å². The SMILES string of the molecule is C/C(Nc1ccc2oc(=O)ccc2c1)=C1/C(=O)C[C@@H]2[C@H]1C2(C)C. The van der Waals surface area contributed by atoms with Crippen LogP contribution in [0.3, 0.4) is 0 Å². The molecule has 2 atom stereocenters.